The van der Waals surface area contributed by atoms with Gasteiger partial charge in [0.2, 0.25) is 0 Å². The third-order valence-electron chi connectivity index (χ3n) is 3.21. The van der Waals surface area contributed by atoms with E-state index >= 15 is 0 Å². The highest BCUT2D eigenvalue weighted by molar-refractivity contribution is 6.06. The minimum atomic E-state index is -0.0720. The third kappa shape index (κ3) is 2.76. The maximum atomic E-state index is 12.2. The van der Waals surface area contributed by atoms with Crippen LogP contribution in [0.15, 0.2) is 35.4 Å². The van der Waals surface area contributed by atoms with Gasteiger partial charge in [0.25, 0.3) is 5.91 Å². The van der Waals surface area contributed by atoms with E-state index in [2.05, 4.69) is 5.10 Å². The third-order valence-corrected chi connectivity index (χ3v) is 3.21. The lowest BCUT2D eigenvalue weighted by Crippen LogP contribution is -2.27. The molecule has 0 radical (unpaired) electrons. The van der Waals surface area contributed by atoms with E-state index in [9.17, 15) is 4.79 Å². The Morgan fingerprint density at radius 1 is 1.33 bits per heavy atom. The first-order valence-corrected chi connectivity index (χ1v) is 6.33. The van der Waals surface area contributed by atoms with Gasteiger partial charge in [-0.3, -0.25) is 4.79 Å². The van der Waals surface area contributed by atoms with Crippen LogP contribution >= 0.6 is 0 Å². The molecule has 1 aromatic rings. The van der Waals surface area contributed by atoms with Crippen LogP contribution in [0.2, 0.25) is 0 Å². The van der Waals surface area contributed by atoms with Gasteiger partial charge in [0.05, 0.1) is 12.5 Å². The van der Waals surface area contributed by atoms with Crippen molar-refractivity contribution in [3.8, 4) is 0 Å². The van der Waals surface area contributed by atoms with Gasteiger partial charge < -0.3 is 5.73 Å². The molecule has 0 fully saturated rings. The second-order valence-electron chi connectivity index (χ2n) is 4.61. The summed E-state index contributed by atoms with van der Waals surface area (Å²) in [6.07, 6.45) is 1.67. The molecule has 18 heavy (non-hydrogen) atoms. The topological polar surface area (TPSA) is 58.7 Å². The van der Waals surface area contributed by atoms with E-state index in [0.29, 0.717) is 13.1 Å². The Morgan fingerprint density at radius 2 is 2.06 bits per heavy atom. The first-order valence-electron chi connectivity index (χ1n) is 6.33. The Hall–Kier alpha value is -1.68. The van der Waals surface area contributed by atoms with Gasteiger partial charge >= 0.3 is 0 Å². The van der Waals surface area contributed by atoms with Crippen molar-refractivity contribution >= 4 is 11.6 Å². The zero-order chi connectivity index (χ0) is 13.0. The van der Waals surface area contributed by atoms with Crippen LogP contribution in [-0.2, 0) is 11.3 Å². The van der Waals surface area contributed by atoms with Gasteiger partial charge in [-0.05, 0) is 31.9 Å². The highest BCUT2D eigenvalue weighted by Gasteiger charge is 2.32. The molecular formula is C14H19N3O. The van der Waals surface area contributed by atoms with Crippen molar-refractivity contribution in [1.29, 1.82) is 0 Å². The summed E-state index contributed by atoms with van der Waals surface area (Å²) in [7, 11) is 0. The molecule has 1 heterocycles. The molecule has 0 aliphatic carbocycles. The number of benzene rings is 1. The highest BCUT2D eigenvalue weighted by Crippen LogP contribution is 2.22. The summed E-state index contributed by atoms with van der Waals surface area (Å²) < 4.78 is 0. The summed E-state index contributed by atoms with van der Waals surface area (Å²) in [5, 5.41) is 5.93. The van der Waals surface area contributed by atoms with Crippen molar-refractivity contribution in [2.45, 2.75) is 26.3 Å². The fourth-order valence-electron chi connectivity index (χ4n) is 2.19. The number of hydrogen-bond donors (Lipinski definition) is 1. The van der Waals surface area contributed by atoms with Crippen molar-refractivity contribution in [3.63, 3.8) is 0 Å². The minimum absolute atomic E-state index is 0.0720. The number of nitrogens with two attached hydrogens (primary N) is 1. The van der Waals surface area contributed by atoms with Gasteiger partial charge in [0, 0.05) is 5.71 Å². The number of rotatable bonds is 5. The first kappa shape index (κ1) is 12.8. The normalized spacial score (nSPS) is 19.2. The molecule has 1 atom stereocenters. The van der Waals surface area contributed by atoms with E-state index in [1.54, 1.807) is 5.01 Å². The Labute approximate surface area is 107 Å². The fourth-order valence-corrected chi connectivity index (χ4v) is 2.19. The van der Waals surface area contributed by atoms with Crippen LogP contribution < -0.4 is 5.73 Å². The molecule has 1 aliphatic rings. The largest absolute Gasteiger partial charge is 0.330 e. The van der Waals surface area contributed by atoms with E-state index in [1.165, 1.54) is 0 Å². The van der Waals surface area contributed by atoms with Crippen molar-refractivity contribution in [2.75, 3.05) is 6.54 Å². The van der Waals surface area contributed by atoms with E-state index in [1.807, 2.05) is 37.3 Å². The molecule has 0 saturated heterocycles. The summed E-state index contributed by atoms with van der Waals surface area (Å²) in [6, 6.07) is 9.92. The maximum absolute atomic E-state index is 12.2. The van der Waals surface area contributed by atoms with Gasteiger partial charge in [0.15, 0.2) is 0 Å². The molecule has 0 aromatic heterocycles. The maximum Gasteiger partial charge on any atom is 0.251 e. The van der Waals surface area contributed by atoms with Crippen LogP contribution in [-0.4, -0.2) is 23.2 Å². The monoisotopic (exact) mass is 245 g/mol. The van der Waals surface area contributed by atoms with Crippen LogP contribution in [0.1, 0.15) is 25.3 Å². The number of carbonyl (C=O) groups is 1. The molecule has 1 amide bonds. The molecule has 2 N–H and O–H groups in total. The molecule has 1 aromatic carbocycles. The second-order valence-corrected chi connectivity index (χ2v) is 4.61. The van der Waals surface area contributed by atoms with Gasteiger partial charge in [-0.25, -0.2) is 5.01 Å². The van der Waals surface area contributed by atoms with E-state index < -0.39 is 0 Å². The van der Waals surface area contributed by atoms with Crippen LogP contribution in [0.25, 0.3) is 0 Å². The lowest BCUT2D eigenvalue weighted by molar-refractivity contribution is -0.132. The molecule has 1 aliphatic heterocycles. The summed E-state index contributed by atoms with van der Waals surface area (Å²) in [4.78, 5) is 12.2. The van der Waals surface area contributed by atoms with Crippen molar-refractivity contribution in [2.24, 2.45) is 16.8 Å². The van der Waals surface area contributed by atoms with Crippen LogP contribution in [0.3, 0.4) is 0 Å². The molecule has 4 nitrogen and oxygen atoms in total. The zero-order valence-corrected chi connectivity index (χ0v) is 10.7. The molecule has 4 heteroatoms. The predicted molar refractivity (Wildman–Crippen MR) is 71.9 cm³/mol. The summed E-state index contributed by atoms with van der Waals surface area (Å²) >= 11 is 0. The molecular weight excluding hydrogens is 226 g/mol. The van der Waals surface area contributed by atoms with E-state index in [4.69, 9.17) is 5.73 Å². The molecule has 96 valence electrons. The van der Waals surface area contributed by atoms with E-state index in [-0.39, 0.29) is 11.8 Å². The van der Waals surface area contributed by atoms with Gasteiger partial charge in [-0.1, -0.05) is 30.3 Å². The van der Waals surface area contributed by atoms with Gasteiger partial charge in [-0.15, -0.1) is 0 Å². The van der Waals surface area contributed by atoms with Crippen molar-refractivity contribution < 1.29 is 4.79 Å². The number of nitrogens with zero attached hydrogens (tertiary/aromatic N) is 2. The Balaban J connectivity index is 2.02. The summed E-state index contributed by atoms with van der Waals surface area (Å²) in [6.45, 7) is 3.09. The minimum Gasteiger partial charge on any atom is -0.330 e. The first-order chi connectivity index (χ1) is 8.72. The molecule has 1 unspecified atom stereocenters. The Bertz CT molecular complexity index is 442. The van der Waals surface area contributed by atoms with Crippen LogP contribution in [0, 0.1) is 5.92 Å². The number of amides is 1. The Kier molecular flexibility index (Phi) is 4.10. The standard InChI is InChI=1S/C14H19N3O/c1-11-13(8-5-9-15)14(18)17(16-11)10-12-6-3-2-4-7-12/h2-4,6-7,13H,5,8-10,15H2,1H3. The fraction of sp³-hybridized carbons (Fsp3) is 0.429. The average molecular weight is 245 g/mol. The SMILES string of the molecule is CC1=NN(Cc2ccccc2)C(=O)C1CCCN. The summed E-state index contributed by atoms with van der Waals surface area (Å²) in [5.74, 6) is 0.0297. The quantitative estimate of drug-likeness (QED) is 0.859. The average Bonchev–Trinajstić information content (AvgIpc) is 2.64. The molecule has 0 spiro atoms. The molecule has 0 bridgehead atoms. The highest BCUT2D eigenvalue weighted by atomic mass is 16.2. The molecule has 0 saturated carbocycles. The molecule has 2 rings (SSSR count). The predicted octanol–water partition coefficient (Wildman–Crippen LogP) is 1.76. The zero-order valence-electron chi connectivity index (χ0n) is 10.7. The number of hydrazone groups is 1. The second kappa shape index (κ2) is 5.78. The Morgan fingerprint density at radius 3 is 2.72 bits per heavy atom. The lowest BCUT2D eigenvalue weighted by Gasteiger charge is -2.14. The van der Waals surface area contributed by atoms with Crippen LogP contribution in [0.5, 0.6) is 0 Å². The van der Waals surface area contributed by atoms with E-state index in [0.717, 1.165) is 24.1 Å². The lowest BCUT2D eigenvalue weighted by atomic mass is 9.98. The van der Waals surface area contributed by atoms with Gasteiger partial charge in [-0.2, -0.15) is 5.10 Å². The smallest absolute Gasteiger partial charge is 0.251 e. The van der Waals surface area contributed by atoms with Crippen molar-refractivity contribution in [1.82, 2.24) is 5.01 Å². The number of carbonyl (C=O) groups excluding carboxylic acids is 1. The number of hydrogen-bond acceptors (Lipinski definition) is 3. The van der Waals surface area contributed by atoms with Gasteiger partial charge in [0.1, 0.15) is 0 Å². The van der Waals surface area contributed by atoms with Crippen LogP contribution in [0.4, 0.5) is 0 Å². The summed E-state index contributed by atoms with van der Waals surface area (Å²) in [5.41, 5.74) is 7.50. The van der Waals surface area contributed by atoms with Crippen molar-refractivity contribution in [3.05, 3.63) is 35.9 Å².